The standard InChI is InChI=1S/C14H21N5O/c1-5-10-9-11(19(6-2)18-10)12(15-3)13-14(20-4)17-8-7-16-13/h7-9,12,15H,5-6H2,1-4H3. The molecule has 6 heteroatoms. The van der Waals surface area contributed by atoms with Crippen molar-refractivity contribution >= 4 is 0 Å². The topological polar surface area (TPSA) is 64.9 Å². The molecule has 0 saturated carbocycles. The van der Waals surface area contributed by atoms with Crippen LogP contribution in [0.5, 0.6) is 5.88 Å². The number of nitrogens with one attached hydrogen (secondary N) is 1. The molecule has 0 radical (unpaired) electrons. The maximum atomic E-state index is 5.31. The Labute approximate surface area is 119 Å². The fourth-order valence-corrected chi connectivity index (χ4v) is 2.26. The predicted octanol–water partition coefficient (Wildman–Crippen LogP) is 1.57. The van der Waals surface area contributed by atoms with E-state index in [-0.39, 0.29) is 6.04 Å². The zero-order valence-electron chi connectivity index (χ0n) is 12.4. The molecule has 0 aliphatic rings. The van der Waals surface area contributed by atoms with Crippen molar-refractivity contribution in [3.05, 3.63) is 35.5 Å². The van der Waals surface area contributed by atoms with E-state index >= 15 is 0 Å². The Kier molecular flexibility index (Phi) is 4.68. The Morgan fingerprint density at radius 1 is 1.30 bits per heavy atom. The minimum atomic E-state index is -0.0913. The Hall–Kier alpha value is -1.95. The zero-order chi connectivity index (χ0) is 14.5. The van der Waals surface area contributed by atoms with Gasteiger partial charge in [-0.3, -0.25) is 9.67 Å². The summed E-state index contributed by atoms with van der Waals surface area (Å²) >= 11 is 0. The quantitative estimate of drug-likeness (QED) is 0.867. The first kappa shape index (κ1) is 14.5. The molecule has 2 aromatic rings. The summed E-state index contributed by atoms with van der Waals surface area (Å²) in [4.78, 5) is 8.64. The molecule has 1 unspecified atom stereocenters. The molecule has 0 aliphatic heterocycles. The van der Waals surface area contributed by atoms with E-state index in [0.29, 0.717) is 5.88 Å². The number of hydrogen-bond acceptors (Lipinski definition) is 5. The summed E-state index contributed by atoms with van der Waals surface area (Å²) in [6.07, 6.45) is 4.22. The molecule has 2 aromatic heterocycles. The molecule has 2 rings (SSSR count). The van der Waals surface area contributed by atoms with Crippen molar-refractivity contribution in [1.29, 1.82) is 0 Å². The molecule has 20 heavy (non-hydrogen) atoms. The number of hydrogen-bond donors (Lipinski definition) is 1. The SMILES string of the molecule is CCc1cc(C(NC)c2nccnc2OC)n(CC)n1. The lowest BCUT2D eigenvalue weighted by molar-refractivity contribution is 0.382. The first-order valence-electron chi connectivity index (χ1n) is 6.83. The van der Waals surface area contributed by atoms with Gasteiger partial charge in [0.25, 0.3) is 0 Å². The fourth-order valence-electron chi connectivity index (χ4n) is 2.26. The van der Waals surface area contributed by atoms with Gasteiger partial charge in [0.05, 0.1) is 24.5 Å². The Bertz CT molecular complexity index is 566. The lowest BCUT2D eigenvalue weighted by Crippen LogP contribution is -2.23. The highest BCUT2D eigenvalue weighted by Crippen LogP contribution is 2.26. The van der Waals surface area contributed by atoms with Gasteiger partial charge < -0.3 is 10.1 Å². The van der Waals surface area contributed by atoms with E-state index in [2.05, 4.69) is 40.3 Å². The van der Waals surface area contributed by atoms with Gasteiger partial charge in [-0.1, -0.05) is 6.92 Å². The number of aromatic nitrogens is 4. The molecule has 0 spiro atoms. The summed E-state index contributed by atoms with van der Waals surface area (Å²) in [6, 6.07) is 2.02. The minimum absolute atomic E-state index is 0.0913. The van der Waals surface area contributed by atoms with Crippen LogP contribution in [0.4, 0.5) is 0 Å². The molecule has 108 valence electrons. The van der Waals surface area contributed by atoms with Crippen LogP contribution in [-0.2, 0) is 13.0 Å². The van der Waals surface area contributed by atoms with Crippen LogP contribution >= 0.6 is 0 Å². The maximum absolute atomic E-state index is 5.31. The van der Waals surface area contributed by atoms with Crippen LogP contribution in [0, 0.1) is 0 Å². The zero-order valence-corrected chi connectivity index (χ0v) is 12.4. The second kappa shape index (κ2) is 6.47. The average molecular weight is 275 g/mol. The van der Waals surface area contributed by atoms with E-state index in [1.807, 2.05) is 11.7 Å². The third-order valence-electron chi connectivity index (χ3n) is 3.27. The highest BCUT2D eigenvalue weighted by atomic mass is 16.5. The molecular formula is C14H21N5O. The third kappa shape index (κ3) is 2.65. The van der Waals surface area contributed by atoms with Gasteiger partial charge >= 0.3 is 0 Å². The predicted molar refractivity (Wildman–Crippen MR) is 76.8 cm³/mol. The van der Waals surface area contributed by atoms with Gasteiger partial charge in [0.1, 0.15) is 5.69 Å². The van der Waals surface area contributed by atoms with Gasteiger partial charge in [-0.2, -0.15) is 5.10 Å². The summed E-state index contributed by atoms with van der Waals surface area (Å²) in [5, 5.41) is 7.86. The summed E-state index contributed by atoms with van der Waals surface area (Å²) in [7, 11) is 3.51. The lowest BCUT2D eigenvalue weighted by Gasteiger charge is -2.18. The molecule has 0 aromatic carbocycles. The summed E-state index contributed by atoms with van der Waals surface area (Å²) < 4.78 is 7.31. The van der Waals surface area contributed by atoms with Crippen LogP contribution in [-0.4, -0.2) is 33.9 Å². The van der Waals surface area contributed by atoms with Crippen LogP contribution < -0.4 is 10.1 Å². The Morgan fingerprint density at radius 3 is 2.65 bits per heavy atom. The average Bonchev–Trinajstić information content (AvgIpc) is 2.92. The Balaban J connectivity index is 2.49. The Morgan fingerprint density at radius 2 is 2.05 bits per heavy atom. The van der Waals surface area contributed by atoms with Crippen molar-refractivity contribution in [2.24, 2.45) is 0 Å². The van der Waals surface area contributed by atoms with E-state index in [1.165, 1.54) is 0 Å². The maximum Gasteiger partial charge on any atom is 0.237 e. The van der Waals surface area contributed by atoms with Crippen molar-refractivity contribution < 1.29 is 4.74 Å². The number of ether oxygens (including phenoxy) is 1. The van der Waals surface area contributed by atoms with Crippen LogP contribution in [0.3, 0.4) is 0 Å². The molecule has 0 fully saturated rings. The van der Waals surface area contributed by atoms with E-state index < -0.39 is 0 Å². The molecule has 2 heterocycles. The highest BCUT2D eigenvalue weighted by Gasteiger charge is 2.23. The second-order valence-electron chi connectivity index (χ2n) is 4.40. The number of rotatable bonds is 6. The number of aryl methyl sites for hydroxylation is 2. The molecule has 0 bridgehead atoms. The molecule has 1 N–H and O–H groups in total. The van der Waals surface area contributed by atoms with E-state index in [1.54, 1.807) is 19.5 Å². The number of methoxy groups -OCH3 is 1. The monoisotopic (exact) mass is 275 g/mol. The second-order valence-corrected chi connectivity index (χ2v) is 4.40. The molecule has 6 nitrogen and oxygen atoms in total. The van der Waals surface area contributed by atoms with Crippen molar-refractivity contribution in [3.63, 3.8) is 0 Å². The summed E-state index contributed by atoms with van der Waals surface area (Å²) in [6.45, 7) is 5.00. The molecule has 0 aliphatic carbocycles. The first-order chi connectivity index (χ1) is 9.74. The van der Waals surface area contributed by atoms with E-state index in [0.717, 1.165) is 30.0 Å². The van der Waals surface area contributed by atoms with Crippen molar-refractivity contribution in [3.8, 4) is 5.88 Å². The molecule has 1 atom stereocenters. The van der Waals surface area contributed by atoms with Gasteiger partial charge in [-0.25, -0.2) is 4.98 Å². The van der Waals surface area contributed by atoms with Crippen molar-refractivity contribution in [2.75, 3.05) is 14.2 Å². The van der Waals surface area contributed by atoms with Gasteiger partial charge in [-0.15, -0.1) is 0 Å². The fraction of sp³-hybridized carbons (Fsp3) is 0.500. The van der Waals surface area contributed by atoms with Gasteiger partial charge in [0, 0.05) is 18.9 Å². The van der Waals surface area contributed by atoms with Crippen LogP contribution in [0.2, 0.25) is 0 Å². The largest absolute Gasteiger partial charge is 0.480 e. The van der Waals surface area contributed by atoms with E-state index in [4.69, 9.17) is 4.74 Å². The highest BCUT2D eigenvalue weighted by molar-refractivity contribution is 5.30. The van der Waals surface area contributed by atoms with Crippen LogP contribution in [0.15, 0.2) is 18.5 Å². The molecular weight excluding hydrogens is 254 g/mol. The summed E-state index contributed by atoms with van der Waals surface area (Å²) in [5.41, 5.74) is 2.92. The smallest absolute Gasteiger partial charge is 0.237 e. The van der Waals surface area contributed by atoms with Gasteiger partial charge in [0.2, 0.25) is 5.88 Å². The molecule has 0 saturated heterocycles. The van der Waals surface area contributed by atoms with Gasteiger partial charge in [0.15, 0.2) is 0 Å². The van der Waals surface area contributed by atoms with Crippen LogP contribution in [0.25, 0.3) is 0 Å². The van der Waals surface area contributed by atoms with E-state index in [9.17, 15) is 0 Å². The normalized spacial score (nSPS) is 12.4. The summed E-state index contributed by atoms with van der Waals surface area (Å²) in [5.74, 6) is 0.536. The number of nitrogens with zero attached hydrogens (tertiary/aromatic N) is 4. The minimum Gasteiger partial charge on any atom is -0.480 e. The lowest BCUT2D eigenvalue weighted by atomic mass is 10.1. The van der Waals surface area contributed by atoms with Crippen molar-refractivity contribution in [1.82, 2.24) is 25.1 Å². The van der Waals surface area contributed by atoms with Crippen molar-refractivity contribution in [2.45, 2.75) is 32.9 Å². The van der Waals surface area contributed by atoms with Crippen LogP contribution in [0.1, 0.15) is 37.0 Å². The first-order valence-corrected chi connectivity index (χ1v) is 6.83. The van der Waals surface area contributed by atoms with Gasteiger partial charge in [-0.05, 0) is 26.5 Å². The third-order valence-corrected chi connectivity index (χ3v) is 3.27. The molecule has 0 amide bonds.